The summed E-state index contributed by atoms with van der Waals surface area (Å²) in [4.78, 5) is 12.9. The number of fused-ring (bicyclic) bond motifs is 5. The lowest BCUT2D eigenvalue weighted by molar-refractivity contribution is 0.337. The molecule has 3 aromatic rings. The average molecular weight is 335 g/mol. The predicted molar refractivity (Wildman–Crippen MR) is 103 cm³/mol. The Morgan fingerprint density at radius 2 is 1.96 bits per heavy atom. The largest absolute Gasteiger partial charge is 0.490 e. The molecule has 0 fully saturated rings. The lowest BCUT2D eigenvalue weighted by atomic mass is 9.88. The Balaban J connectivity index is 2.13. The highest BCUT2D eigenvalue weighted by Crippen LogP contribution is 2.40. The fraction of sp³-hybridized carbons (Fsp3) is 0.286. The van der Waals surface area contributed by atoms with E-state index in [1.165, 1.54) is 0 Å². The third-order valence-corrected chi connectivity index (χ3v) is 4.60. The highest BCUT2D eigenvalue weighted by atomic mass is 16.5. The van der Waals surface area contributed by atoms with Crippen LogP contribution in [0, 0.1) is 0 Å². The Morgan fingerprint density at radius 1 is 1.16 bits per heavy atom. The molecule has 0 amide bonds. The Kier molecular flexibility index (Phi) is 3.39. The number of para-hydroxylation sites is 1. The molecular weight excluding hydrogens is 314 g/mol. The van der Waals surface area contributed by atoms with Crippen LogP contribution in [0.5, 0.6) is 5.75 Å². The molecular formula is C21H21NO3. The Labute approximate surface area is 146 Å². The van der Waals surface area contributed by atoms with Gasteiger partial charge in [0.1, 0.15) is 0 Å². The van der Waals surface area contributed by atoms with Gasteiger partial charge in [0.15, 0.2) is 11.3 Å². The summed E-state index contributed by atoms with van der Waals surface area (Å²) in [6, 6.07) is 9.76. The molecule has 128 valence electrons. The fourth-order valence-corrected chi connectivity index (χ4v) is 3.80. The van der Waals surface area contributed by atoms with E-state index in [4.69, 9.17) is 9.15 Å². The minimum Gasteiger partial charge on any atom is -0.490 e. The molecule has 0 atom stereocenters. The maximum atomic E-state index is 12.9. The summed E-state index contributed by atoms with van der Waals surface area (Å²) in [5, 5.41) is 5.88. The van der Waals surface area contributed by atoms with Crippen molar-refractivity contribution in [2.75, 3.05) is 11.9 Å². The van der Waals surface area contributed by atoms with Crippen molar-refractivity contribution in [2.24, 2.45) is 0 Å². The van der Waals surface area contributed by atoms with E-state index in [-0.39, 0.29) is 11.2 Å². The molecule has 4 rings (SSSR count). The topological polar surface area (TPSA) is 51.5 Å². The van der Waals surface area contributed by atoms with Crippen molar-refractivity contribution in [3.8, 4) is 5.75 Å². The van der Waals surface area contributed by atoms with Crippen LogP contribution in [0.25, 0.3) is 27.3 Å². The number of nitrogens with one attached hydrogen (secondary N) is 1. The first-order chi connectivity index (χ1) is 11.9. The van der Waals surface area contributed by atoms with Crippen LogP contribution in [0.3, 0.4) is 0 Å². The van der Waals surface area contributed by atoms with E-state index in [0.29, 0.717) is 23.3 Å². The van der Waals surface area contributed by atoms with Gasteiger partial charge in [-0.3, -0.25) is 0 Å². The van der Waals surface area contributed by atoms with Gasteiger partial charge >= 0.3 is 5.63 Å². The number of rotatable bonds is 2. The molecule has 4 heteroatoms. The van der Waals surface area contributed by atoms with E-state index in [2.05, 4.69) is 25.2 Å². The van der Waals surface area contributed by atoms with Gasteiger partial charge in [-0.1, -0.05) is 24.3 Å². The first kappa shape index (κ1) is 15.8. The third kappa shape index (κ3) is 2.40. The van der Waals surface area contributed by atoms with Gasteiger partial charge in [0.2, 0.25) is 0 Å². The van der Waals surface area contributed by atoms with Gasteiger partial charge in [-0.25, -0.2) is 4.79 Å². The first-order valence-corrected chi connectivity index (χ1v) is 8.54. The molecule has 0 saturated heterocycles. The number of benzene rings is 2. The standard InChI is InChI=1S/C21H21NO3/c1-5-24-16-8-6-7-14-13-9-10-15-17(12(2)11-21(3,4)22-15)18(13)20(23)25-19(14)16/h6-11,22H,5H2,1-4H3. The van der Waals surface area contributed by atoms with Crippen LogP contribution in [-0.2, 0) is 0 Å². The molecule has 2 aromatic carbocycles. The number of hydrogen-bond acceptors (Lipinski definition) is 4. The quantitative estimate of drug-likeness (QED) is 0.532. The molecule has 1 aliphatic heterocycles. The summed E-state index contributed by atoms with van der Waals surface area (Å²) >= 11 is 0. The summed E-state index contributed by atoms with van der Waals surface area (Å²) in [6.45, 7) is 8.70. The molecule has 0 unspecified atom stereocenters. The number of hydrogen-bond donors (Lipinski definition) is 1. The highest BCUT2D eigenvalue weighted by molar-refractivity contribution is 6.11. The van der Waals surface area contributed by atoms with Gasteiger partial charge in [0.25, 0.3) is 0 Å². The van der Waals surface area contributed by atoms with Crippen molar-refractivity contribution < 1.29 is 9.15 Å². The van der Waals surface area contributed by atoms with E-state index in [1.807, 2.05) is 44.2 Å². The Morgan fingerprint density at radius 3 is 2.72 bits per heavy atom. The van der Waals surface area contributed by atoms with Crippen LogP contribution in [-0.4, -0.2) is 12.1 Å². The molecule has 0 aliphatic carbocycles. The molecule has 0 spiro atoms. The number of anilines is 1. The van der Waals surface area contributed by atoms with E-state index < -0.39 is 0 Å². The molecule has 4 nitrogen and oxygen atoms in total. The van der Waals surface area contributed by atoms with Crippen LogP contribution >= 0.6 is 0 Å². The minimum absolute atomic E-state index is 0.149. The van der Waals surface area contributed by atoms with Crippen molar-refractivity contribution in [1.82, 2.24) is 0 Å². The molecule has 0 saturated carbocycles. The van der Waals surface area contributed by atoms with Crippen LogP contribution < -0.4 is 15.7 Å². The third-order valence-electron chi connectivity index (χ3n) is 4.60. The summed E-state index contributed by atoms with van der Waals surface area (Å²) < 4.78 is 11.3. The minimum atomic E-state index is -0.333. The Bertz CT molecular complexity index is 1090. The van der Waals surface area contributed by atoms with Crippen LogP contribution in [0.1, 0.15) is 33.3 Å². The summed E-state index contributed by atoms with van der Waals surface area (Å²) in [5.74, 6) is 0.600. The van der Waals surface area contributed by atoms with Crippen molar-refractivity contribution in [3.63, 3.8) is 0 Å². The molecule has 25 heavy (non-hydrogen) atoms. The lowest BCUT2D eigenvalue weighted by Gasteiger charge is -2.32. The number of ether oxygens (including phenoxy) is 1. The predicted octanol–water partition coefficient (Wildman–Crippen LogP) is 4.95. The molecule has 1 aromatic heterocycles. The molecule has 1 N–H and O–H groups in total. The van der Waals surface area contributed by atoms with E-state index in [9.17, 15) is 4.79 Å². The molecule has 2 heterocycles. The van der Waals surface area contributed by atoms with Crippen LogP contribution in [0.2, 0.25) is 0 Å². The second-order valence-corrected chi connectivity index (χ2v) is 7.04. The van der Waals surface area contributed by atoms with Crippen LogP contribution in [0.4, 0.5) is 5.69 Å². The maximum absolute atomic E-state index is 12.9. The van der Waals surface area contributed by atoms with Crippen molar-refractivity contribution >= 4 is 33.0 Å². The van der Waals surface area contributed by atoms with Crippen LogP contribution in [0.15, 0.2) is 45.6 Å². The van der Waals surface area contributed by atoms with Gasteiger partial charge in [-0.15, -0.1) is 0 Å². The smallest absolute Gasteiger partial charge is 0.345 e. The zero-order valence-electron chi connectivity index (χ0n) is 14.9. The second-order valence-electron chi connectivity index (χ2n) is 7.04. The fourth-order valence-electron chi connectivity index (χ4n) is 3.80. The first-order valence-electron chi connectivity index (χ1n) is 8.54. The Hall–Kier alpha value is -2.75. The van der Waals surface area contributed by atoms with Gasteiger partial charge in [0.05, 0.1) is 17.5 Å². The van der Waals surface area contributed by atoms with Gasteiger partial charge in [-0.2, -0.15) is 0 Å². The normalized spacial score (nSPS) is 15.6. The average Bonchev–Trinajstić information content (AvgIpc) is 2.54. The SMILES string of the molecule is CCOc1cccc2c1oc(=O)c1c3c(ccc12)NC(C)(C)C=C3C. The van der Waals surface area contributed by atoms with E-state index in [0.717, 1.165) is 27.6 Å². The number of allylic oxidation sites excluding steroid dienone is 1. The second kappa shape index (κ2) is 5.38. The molecule has 0 radical (unpaired) electrons. The monoisotopic (exact) mass is 335 g/mol. The summed E-state index contributed by atoms with van der Waals surface area (Å²) in [6.07, 6.45) is 2.15. The molecule has 1 aliphatic rings. The van der Waals surface area contributed by atoms with Gasteiger partial charge in [0, 0.05) is 22.0 Å². The van der Waals surface area contributed by atoms with Gasteiger partial charge in [-0.05, 0) is 45.4 Å². The summed E-state index contributed by atoms with van der Waals surface area (Å²) in [5.41, 5.74) is 2.99. The zero-order valence-corrected chi connectivity index (χ0v) is 14.9. The van der Waals surface area contributed by atoms with Crippen molar-refractivity contribution in [2.45, 2.75) is 33.2 Å². The van der Waals surface area contributed by atoms with E-state index >= 15 is 0 Å². The van der Waals surface area contributed by atoms with Crippen molar-refractivity contribution in [1.29, 1.82) is 0 Å². The van der Waals surface area contributed by atoms with E-state index in [1.54, 1.807) is 0 Å². The zero-order chi connectivity index (χ0) is 17.8. The lowest BCUT2D eigenvalue weighted by Crippen LogP contribution is -2.31. The highest BCUT2D eigenvalue weighted by Gasteiger charge is 2.26. The summed E-state index contributed by atoms with van der Waals surface area (Å²) in [7, 11) is 0. The van der Waals surface area contributed by atoms with Gasteiger partial charge < -0.3 is 14.5 Å². The van der Waals surface area contributed by atoms with Crippen molar-refractivity contribution in [3.05, 3.63) is 52.4 Å². The maximum Gasteiger partial charge on any atom is 0.345 e. The molecule has 0 bridgehead atoms.